The van der Waals surface area contributed by atoms with Gasteiger partial charge in [0.05, 0.1) is 6.54 Å². The van der Waals surface area contributed by atoms with Gasteiger partial charge in [-0.2, -0.15) is 13.9 Å². The van der Waals surface area contributed by atoms with Crippen molar-refractivity contribution in [1.82, 2.24) is 19.7 Å². The normalized spacial score (nSPS) is 10.9. The number of carbonyl (C=O) groups excluding carboxylic acids is 1. The molecule has 0 bridgehead atoms. The average molecular weight is 272 g/mol. The van der Waals surface area contributed by atoms with Crippen LogP contribution in [0.5, 0.6) is 0 Å². The van der Waals surface area contributed by atoms with Gasteiger partial charge in [0.2, 0.25) is 0 Å². The van der Waals surface area contributed by atoms with Crippen LogP contribution in [0.2, 0.25) is 0 Å². The van der Waals surface area contributed by atoms with E-state index in [0.29, 0.717) is 11.2 Å². The standard InChI is InChI=1S/C10H10F2N4OS/c1-15(6-8-13-3-5-18-8)9(17)7-2-4-16(14-7)10(11)12/h2-5,10H,6H2,1H3. The molecule has 0 unspecified atom stereocenters. The molecule has 5 nitrogen and oxygen atoms in total. The average Bonchev–Trinajstić information content (AvgIpc) is 2.98. The van der Waals surface area contributed by atoms with E-state index in [9.17, 15) is 13.6 Å². The maximum Gasteiger partial charge on any atom is 0.333 e. The second-order valence-electron chi connectivity index (χ2n) is 3.55. The van der Waals surface area contributed by atoms with Gasteiger partial charge in [-0.05, 0) is 6.07 Å². The summed E-state index contributed by atoms with van der Waals surface area (Å²) < 4.78 is 25.1. The van der Waals surface area contributed by atoms with Crippen LogP contribution in [0.25, 0.3) is 0 Å². The van der Waals surface area contributed by atoms with E-state index >= 15 is 0 Å². The molecule has 0 fully saturated rings. The van der Waals surface area contributed by atoms with E-state index in [-0.39, 0.29) is 5.69 Å². The molecule has 0 atom stereocenters. The van der Waals surface area contributed by atoms with Crippen molar-refractivity contribution in [2.45, 2.75) is 13.1 Å². The summed E-state index contributed by atoms with van der Waals surface area (Å²) in [6.07, 6.45) is 2.72. The van der Waals surface area contributed by atoms with Crippen LogP contribution >= 0.6 is 11.3 Å². The first-order valence-electron chi connectivity index (χ1n) is 5.05. The number of aromatic nitrogens is 3. The first-order chi connectivity index (χ1) is 8.58. The Hall–Kier alpha value is -1.83. The first kappa shape index (κ1) is 12.6. The number of thiazole rings is 1. The van der Waals surface area contributed by atoms with Gasteiger partial charge in [-0.15, -0.1) is 11.3 Å². The number of halogens is 2. The summed E-state index contributed by atoms with van der Waals surface area (Å²) >= 11 is 1.42. The lowest BCUT2D eigenvalue weighted by Gasteiger charge is -2.13. The van der Waals surface area contributed by atoms with Crippen molar-refractivity contribution in [2.75, 3.05) is 7.05 Å². The van der Waals surface area contributed by atoms with Gasteiger partial charge in [0.25, 0.3) is 5.91 Å². The number of carbonyl (C=O) groups is 1. The molecule has 0 aliphatic rings. The van der Waals surface area contributed by atoms with E-state index in [4.69, 9.17) is 0 Å². The van der Waals surface area contributed by atoms with Crippen LogP contribution < -0.4 is 0 Å². The third-order valence-electron chi connectivity index (χ3n) is 2.23. The fourth-order valence-electron chi connectivity index (χ4n) is 1.36. The van der Waals surface area contributed by atoms with E-state index in [1.54, 1.807) is 18.6 Å². The van der Waals surface area contributed by atoms with Gasteiger partial charge in [0.15, 0.2) is 5.69 Å². The van der Waals surface area contributed by atoms with Crippen molar-refractivity contribution in [3.8, 4) is 0 Å². The van der Waals surface area contributed by atoms with E-state index < -0.39 is 12.5 Å². The summed E-state index contributed by atoms with van der Waals surface area (Å²) in [6.45, 7) is -2.41. The zero-order valence-corrected chi connectivity index (χ0v) is 10.3. The molecular formula is C10H10F2N4OS. The number of hydrogen-bond acceptors (Lipinski definition) is 4. The molecule has 0 saturated heterocycles. The number of rotatable bonds is 4. The lowest BCUT2D eigenvalue weighted by atomic mass is 10.4. The van der Waals surface area contributed by atoms with Gasteiger partial charge in [-0.3, -0.25) is 4.79 Å². The smallest absolute Gasteiger partial charge is 0.333 e. The Balaban J connectivity index is 2.05. The van der Waals surface area contributed by atoms with Gasteiger partial charge < -0.3 is 4.90 Å². The number of amides is 1. The predicted molar refractivity (Wildman–Crippen MR) is 61.4 cm³/mol. The highest BCUT2D eigenvalue weighted by Gasteiger charge is 2.17. The molecule has 8 heteroatoms. The zero-order valence-electron chi connectivity index (χ0n) is 9.46. The van der Waals surface area contributed by atoms with Crippen LogP contribution in [0.4, 0.5) is 8.78 Å². The van der Waals surface area contributed by atoms with Gasteiger partial charge >= 0.3 is 6.55 Å². The van der Waals surface area contributed by atoms with Crippen LogP contribution in [0.15, 0.2) is 23.8 Å². The molecule has 0 N–H and O–H groups in total. The Kier molecular flexibility index (Phi) is 3.66. The number of alkyl halides is 2. The topological polar surface area (TPSA) is 51.0 Å². The molecule has 96 valence electrons. The second kappa shape index (κ2) is 5.21. The maximum atomic E-state index is 12.3. The molecule has 1 amide bonds. The first-order valence-corrected chi connectivity index (χ1v) is 5.93. The molecule has 0 radical (unpaired) electrons. The molecule has 2 aromatic heterocycles. The summed E-state index contributed by atoms with van der Waals surface area (Å²) in [5, 5.41) is 6.10. The number of nitrogens with zero attached hydrogens (tertiary/aromatic N) is 4. The molecule has 0 spiro atoms. The van der Waals surface area contributed by atoms with Crippen LogP contribution in [0.1, 0.15) is 22.0 Å². The monoisotopic (exact) mass is 272 g/mol. The van der Waals surface area contributed by atoms with E-state index in [1.807, 2.05) is 0 Å². The number of hydrogen-bond donors (Lipinski definition) is 0. The summed E-state index contributed by atoms with van der Waals surface area (Å²) in [5.74, 6) is -0.412. The molecule has 0 aromatic carbocycles. The Morgan fingerprint density at radius 2 is 2.39 bits per heavy atom. The quantitative estimate of drug-likeness (QED) is 0.855. The van der Waals surface area contributed by atoms with Gasteiger partial charge in [0.1, 0.15) is 5.01 Å². The molecule has 18 heavy (non-hydrogen) atoms. The molecule has 0 saturated carbocycles. The van der Waals surface area contributed by atoms with E-state index in [0.717, 1.165) is 11.2 Å². The molecule has 0 aliphatic carbocycles. The predicted octanol–water partition coefficient (Wildman–Crippen LogP) is 2.01. The van der Waals surface area contributed by atoms with Crippen LogP contribution in [-0.4, -0.2) is 32.6 Å². The van der Waals surface area contributed by atoms with Crippen LogP contribution in [-0.2, 0) is 6.54 Å². The SMILES string of the molecule is CN(Cc1nccs1)C(=O)c1ccn(C(F)F)n1. The third-order valence-corrected chi connectivity index (χ3v) is 2.99. The largest absolute Gasteiger partial charge is 0.334 e. The highest BCUT2D eigenvalue weighted by atomic mass is 32.1. The van der Waals surface area contributed by atoms with E-state index in [1.165, 1.54) is 22.3 Å². The van der Waals surface area contributed by atoms with Crippen LogP contribution in [0, 0.1) is 0 Å². The van der Waals surface area contributed by atoms with Crippen molar-refractivity contribution in [2.24, 2.45) is 0 Å². The maximum absolute atomic E-state index is 12.3. The fourth-order valence-corrected chi connectivity index (χ4v) is 2.03. The highest BCUT2D eigenvalue weighted by molar-refractivity contribution is 7.09. The lowest BCUT2D eigenvalue weighted by molar-refractivity contribution is 0.0553. The summed E-state index contributed by atoms with van der Waals surface area (Å²) in [7, 11) is 1.57. The van der Waals surface area contributed by atoms with Crippen molar-refractivity contribution < 1.29 is 13.6 Å². The highest BCUT2D eigenvalue weighted by Crippen LogP contribution is 2.12. The Morgan fingerprint density at radius 3 is 2.94 bits per heavy atom. The molecular weight excluding hydrogens is 262 g/mol. The zero-order chi connectivity index (χ0) is 13.1. The second-order valence-corrected chi connectivity index (χ2v) is 4.52. The molecule has 2 rings (SSSR count). The minimum atomic E-state index is -2.74. The summed E-state index contributed by atoms with van der Waals surface area (Å²) in [5.41, 5.74) is -0.00523. The van der Waals surface area contributed by atoms with Gasteiger partial charge in [0, 0.05) is 24.8 Å². The van der Waals surface area contributed by atoms with Crippen molar-refractivity contribution in [3.05, 3.63) is 34.5 Å². The van der Waals surface area contributed by atoms with Crippen LogP contribution in [0.3, 0.4) is 0 Å². The third kappa shape index (κ3) is 2.70. The van der Waals surface area contributed by atoms with Crippen molar-refractivity contribution >= 4 is 17.2 Å². The molecule has 2 aromatic rings. The minimum Gasteiger partial charge on any atom is -0.334 e. The fraction of sp³-hybridized carbons (Fsp3) is 0.300. The van der Waals surface area contributed by atoms with Gasteiger partial charge in [-0.1, -0.05) is 0 Å². The lowest BCUT2D eigenvalue weighted by Crippen LogP contribution is -2.26. The Morgan fingerprint density at radius 1 is 1.61 bits per heavy atom. The molecule has 0 aliphatic heterocycles. The Labute approximate surface area is 106 Å². The Bertz CT molecular complexity index is 526. The van der Waals surface area contributed by atoms with E-state index in [2.05, 4.69) is 10.1 Å². The van der Waals surface area contributed by atoms with Gasteiger partial charge in [-0.25, -0.2) is 9.67 Å². The summed E-state index contributed by atoms with van der Waals surface area (Å²) in [6, 6.07) is 1.27. The summed E-state index contributed by atoms with van der Waals surface area (Å²) in [4.78, 5) is 17.3. The minimum absolute atomic E-state index is 0.00523. The molecule has 2 heterocycles. The van der Waals surface area contributed by atoms with Crippen molar-refractivity contribution in [3.63, 3.8) is 0 Å². The van der Waals surface area contributed by atoms with Crippen molar-refractivity contribution in [1.29, 1.82) is 0 Å².